The summed E-state index contributed by atoms with van der Waals surface area (Å²) in [6.07, 6.45) is 0. The van der Waals surface area contributed by atoms with Gasteiger partial charge in [0.1, 0.15) is 5.69 Å². The Hall–Kier alpha value is -3.75. The highest BCUT2D eigenvalue weighted by Crippen LogP contribution is 2.21. The van der Waals surface area contributed by atoms with E-state index in [-0.39, 0.29) is 34.7 Å². The summed E-state index contributed by atoms with van der Waals surface area (Å²) in [6.45, 7) is 3.47. The zero-order chi connectivity index (χ0) is 21.6. The number of aryl methyl sites for hydroxylation is 1. The van der Waals surface area contributed by atoms with Gasteiger partial charge in [-0.05, 0) is 44.2 Å². The van der Waals surface area contributed by atoms with E-state index in [2.05, 4.69) is 15.0 Å². The highest BCUT2D eigenvalue weighted by Gasteiger charge is 2.20. The second-order valence-electron chi connectivity index (χ2n) is 5.75. The van der Waals surface area contributed by atoms with Gasteiger partial charge in [0.25, 0.3) is 5.91 Å². The van der Waals surface area contributed by atoms with Gasteiger partial charge < -0.3 is 19.5 Å². The lowest BCUT2D eigenvalue weighted by Crippen LogP contribution is -2.19. The van der Waals surface area contributed by atoms with Crippen molar-refractivity contribution in [3.8, 4) is 0 Å². The summed E-state index contributed by atoms with van der Waals surface area (Å²) in [5, 5.41) is 2.54. The van der Waals surface area contributed by atoms with E-state index < -0.39 is 23.8 Å². The zero-order valence-corrected chi connectivity index (χ0v) is 16.4. The fourth-order valence-electron chi connectivity index (χ4n) is 2.48. The highest BCUT2D eigenvalue weighted by atomic mass is 16.5. The van der Waals surface area contributed by atoms with Crippen LogP contribution < -0.4 is 5.32 Å². The van der Waals surface area contributed by atoms with E-state index in [0.29, 0.717) is 5.69 Å². The maximum atomic E-state index is 12.6. The zero-order valence-electron chi connectivity index (χ0n) is 16.4. The summed E-state index contributed by atoms with van der Waals surface area (Å²) >= 11 is 0. The number of rotatable bonds is 6. The van der Waals surface area contributed by atoms with Gasteiger partial charge in [-0.25, -0.2) is 19.4 Å². The number of benzene rings is 1. The number of methoxy groups -OCH3 is 2. The maximum absolute atomic E-state index is 12.6. The van der Waals surface area contributed by atoms with Crippen LogP contribution in [0.4, 0.5) is 5.69 Å². The molecule has 2 rings (SSSR count). The minimum absolute atomic E-state index is 0.00911. The van der Waals surface area contributed by atoms with E-state index in [1.165, 1.54) is 44.6 Å². The van der Waals surface area contributed by atoms with Gasteiger partial charge in [0.2, 0.25) is 0 Å². The van der Waals surface area contributed by atoms with Gasteiger partial charge in [0.05, 0.1) is 48.9 Å². The number of ether oxygens (including phenoxy) is 3. The summed E-state index contributed by atoms with van der Waals surface area (Å²) in [5.74, 6) is -2.51. The number of aromatic nitrogens is 1. The Labute approximate surface area is 167 Å². The van der Waals surface area contributed by atoms with Gasteiger partial charge in [0.15, 0.2) is 0 Å². The van der Waals surface area contributed by atoms with Gasteiger partial charge in [-0.15, -0.1) is 0 Å². The fourth-order valence-corrected chi connectivity index (χ4v) is 2.48. The van der Waals surface area contributed by atoms with Crippen LogP contribution >= 0.6 is 0 Å². The molecule has 9 nitrogen and oxygen atoms in total. The molecule has 1 N–H and O–H groups in total. The molecule has 0 aliphatic carbocycles. The molecule has 0 spiro atoms. The lowest BCUT2D eigenvalue weighted by Gasteiger charge is -2.12. The van der Waals surface area contributed by atoms with Gasteiger partial charge in [0, 0.05) is 0 Å². The van der Waals surface area contributed by atoms with Crippen molar-refractivity contribution in [1.29, 1.82) is 0 Å². The molecular weight excluding hydrogens is 380 g/mol. The molecule has 0 aliphatic rings. The highest BCUT2D eigenvalue weighted by molar-refractivity contribution is 6.08. The van der Waals surface area contributed by atoms with Crippen molar-refractivity contribution >= 4 is 29.5 Å². The third-order valence-corrected chi connectivity index (χ3v) is 3.91. The predicted molar refractivity (Wildman–Crippen MR) is 102 cm³/mol. The van der Waals surface area contributed by atoms with Crippen molar-refractivity contribution < 1.29 is 33.4 Å². The summed E-state index contributed by atoms with van der Waals surface area (Å²) in [6, 6.07) is 6.81. The molecule has 0 saturated heterocycles. The number of hydrogen-bond donors (Lipinski definition) is 1. The predicted octanol–water partition coefficient (Wildman–Crippen LogP) is 2.39. The molecule has 1 amide bonds. The Kier molecular flexibility index (Phi) is 7.02. The molecule has 0 bridgehead atoms. The van der Waals surface area contributed by atoms with Gasteiger partial charge in [-0.3, -0.25) is 4.79 Å². The topological polar surface area (TPSA) is 121 Å². The number of anilines is 1. The smallest absolute Gasteiger partial charge is 0.339 e. The molecule has 0 radical (unpaired) electrons. The Morgan fingerprint density at radius 3 is 2.17 bits per heavy atom. The first kappa shape index (κ1) is 21.5. The molecular formula is C20H20N2O7. The summed E-state index contributed by atoms with van der Waals surface area (Å²) in [4.78, 5) is 52.4. The van der Waals surface area contributed by atoms with E-state index >= 15 is 0 Å². The van der Waals surface area contributed by atoms with E-state index in [4.69, 9.17) is 9.47 Å². The van der Waals surface area contributed by atoms with E-state index in [0.717, 1.165) is 0 Å². The second-order valence-corrected chi connectivity index (χ2v) is 5.75. The molecule has 0 saturated carbocycles. The van der Waals surface area contributed by atoms with E-state index in [1.807, 2.05) is 0 Å². The first-order chi connectivity index (χ1) is 13.8. The molecule has 0 atom stereocenters. The SMILES string of the molecule is CCOC(=O)c1ccc(C(=O)Nc2cc(C(=O)OC)ccc2C(=O)OC)nc1C. The minimum Gasteiger partial charge on any atom is -0.465 e. The molecule has 152 valence electrons. The van der Waals surface area contributed by atoms with Crippen molar-refractivity contribution in [3.05, 3.63) is 58.4 Å². The molecule has 1 aromatic carbocycles. The van der Waals surface area contributed by atoms with Gasteiger partial charge >= 0.3 is 17.9 Å². The Balaban J connectivity index is 2.36. The van der Waals surface area contributed by atoms with Gasteiger partial charge in [-0.2, -0.15) is 0 Å². The van der Waals surface area contributed by atoms with Crippen LogP contribution in [-0.4, -0.2) is 49.6 Å². The number of nitrogens with zero attached hydrogens (tertiary/aromatic N) is 1. The number of pyridine rings is 1. The molecule has 2 aromatic rings. The minimum atomic E-state index is -0.696. The summed E-state index contributed by atoms with van der Waals surface area (Å²) in [7, 11) is 2.41. The molecule has 0 aliphatic heterocycles. The van der Waals surface area contributed by atoms with Crippen molar-refractivity contribution in [2.24, 2.45) is 0 Å². The molecule has 0 unspecified atom stereocenters. The van der Waals surface area contributed by atoms with Crippen LogP contribution in [0.2, 0.25) is 0 Å². The lowest BCUT2D eigenvalue weighted by molar-refractivity contribution is 0.0522. The van der Waals surface area contributed by atoms with Crippen LogP contribution in [0.3, 0.4) is 0 Å². The molecule has 1 heterocycles. The summed E-state index contributed by atoms with van der Waals surface area (Å²) < 4.78 is 14.3. The second kappa shape index (κ2) is 9.45. The van der Waals surface area contributed by atoms with Crippen LogP contribution in [0.15, 0.2) is 30.3 Å². The molecule has 1 aromatic heterocycles. The average Bonchev–Trinajstić information content (AvgIpc) is 2.72. The standard InChI is InChI=1S/C20H20N2O7/c1-5-29-20(26)13-8-9-15(21-11(13)2)17(23)22-16-10-12(18(24)27-3)6-7-14(16)19(25)28-4/h6-10H,5H2,1-4H3,(H,22,23). The Morgan fingerprint density at radius 1 is 0.931 bits per heavy atom. The number of carbonyl (C=O) groups is 4. The normalized spacial score (nSPS) is 10.1. The number of nitrogens with one attached hydrogen (secondary N) is 1. The van der Waals surface area contributed by atoms with Crippen molar-refractivity contribution in [1.82, 2.24) is 4.98 Å². The number of esters is 3. The third-order valence-electron chi connectivity index (χ3n) is 3.91. The average molecular weight is 400 g/mol. The van der Waals surface area contributed by atoms with Crippen LogP contribution in [0.1, 0.15) is 54.2 Å². The van der Waals surface area contributed by atoms with Crippen molar-refractivity contribution in [2.75, 3.05) is 26.1 Å². The molecule has 9 heteroatoms. The van der Waals surface area contributed by atoms with E-state index in [9.17, 15) is 19.2 Å². The van der Waals surface area contributed by atoms with Crippen molar-refractivity contribution in [3.63, 3.8) is 0 Å². The van der Waals surface area contributed by atoms with Gasteiger partial charge in [-0.1, -0.05) is 0 Å². The largest absolute Gasteiger partial charge is 0.465 e. The van der Waals surface area contributed by atoms with Crippen LogP contribution in [0.25, 0.3) is 0 Å². The number of carbonyl (C=O) groups excluding carboxylic acids is 4. The Morgan fingerprint density at radius 2 is 1.59 bits per heavy atom. The van der Waals surface area contributed by atoms with Crippen LogP contribution in [0.5, 0.6) is 0 Å². The first-order valence-corrected chi connectivity index (χ1v) is 8.59. The fraction of sp³-hybridized carbons (Fsp3) is 0.250. The number of hydrogen-bond acceptors (Lipinski definition) is 8. The molecule has 29 heavy (non-hydrogen) atoms. The van der Waals surface area contributed by atoms with E-state index in [1.54, 1.807) is 13.8 Å². The lowest BCUT2D eigenvalue weighted by atomic mass is 10.1. The van der Waals surface area contributed by atoms with Crippen molar-refractivity contribution in [2.45, 2.75) is 13.8 Å². The third kappa shape index (κ3) is 4.95. The molecule has 0 fully saturated rings. The number of amides is 1. The first-order valence-electron chi connectivity index (χ1n) is 8.59. The maximum Gasteiger partial charge on any atom is 0.339 e. The Bertz CT molecular complexity index is 969. The quantitative estimate of drug-likeness (QED) is 0.580. The summed E-state index contributed by atoms with van der Waals surface area (Å²) in [5.41, 5.74) is 0.804. The van der Waals surface area contributed by atoms with Crippen LogP contribution in [-0.2, 0) is 14.2 Å². The van der Waals surface area contributed by atoms with Crippen LogP contribution in [0, 0.1) is 6.92 Å². The monoisotopic (exact) mass is 400 g/mol.